The molecule has 7 nitrogen and oxygen atoms in total. The van der Waals surface area contributed by atoms with E-state index in [0.717, 1.165) is 25.9 Å². The lowest BCUT2D eigenvalue weighted by molar-refractivity contribution is 0.0493. The van der Waals surface area contributed by atoms with Crippen LogP contribution in [0, 0.1) is 0 Å². The molecule has 1 aromatic rings. The quantitative estimate of drug-likeness (QED) is 0.732. The number of nitrogens with one attached hydrogen (secondary N) is 2. The van der Waals surface area contributed by atoms with E-state index >= 15 is 0 Å². The molecule has 1 saturated heterocycles. The van der Waals surface area contributed by atoms with Crippen molar-refractivity contribution in [1.82, 2.24) is 10.6 Å². The van der Waals surface area contributed by atoms with Crippen molar-refractivity contribution in [2.45, 2.75) is 87.2 Å². The predicted octanol–water partition coefficient (Wildman–Crippen LogP) is 3.43. The van der Waals surface area contributed by atoms with E-state index in [9.17, 15) is 13.2 Å². The normalized spacial score (nSPS) is 23.6. The van der Waals surface area contributed by atoms with Gasteiger partial charge >= 0.3 is 6.09 Å². The maximum atomic E-state index is 13.2. The van der Waals surface area contributed by atoms with Gasteiger partial charge in [0, 0.05) is 6.04 Å². The Labute approximate surface area is 179 Å². The Balaban J connectivity index is 1.57. The van der Waals surface area contributed by atoms with Gasteiger partial charge in [-0.3, -0.25) is 0 Å². The summed E-state index contributed by atoms with van der Waals surface area (Å²) in [5.41, 5.74) is -0.550. The smallest absolute Gasteiger partial charge is 0.407 e. The number of benzene rings is 1. The zero-order valence-corrected chi connectivity index (χ0v) is 19.0. The summed E-state index contributed by atoms with van der Waals surface area (Å²) in [6.45, 7) is 7.30. The van der Waals surface area contributed by atoms with Gasteiger partial charge in [-0.15, -0.1) is 0 Å². The second-order valence-corrected chi connectivity index (χ2v) is 11.4. The molecular formula is C22H34N2O5S. The van der Waals surface area contributed by atoms with Crippen LogP contribution in [0.5, 0.6) is 5.75 Å². The van der Waals surface area contributed by atoms with Crippen molar-refractivity contribution in [1.29, 1.82) is 0 Å². The highest BCUT2D eigenvalue weighted by atomic mass is 32.2. The largest absolute Gasteiger partial charge is 0.490 e. The number of ether oxygens (including phenoxy) is 2. The average molecular weight is 439 g/mol. The molecule has 0 bridgehead atoms. The molecule has 0 atom stereocenters. The Morgan fingerprint density at radius 2 is 1.73 bits per heavy atom. The van der Waals surface area contributed by atoms with Gasteiger partial charge in [0.2, 0.25) is 0 Å². The van der Waals surface area contributed by atoms with Crippen LogP contribution in [-0.2, 0) is 14.6 Å². The van der Waals surface area contributed by atoms with E-state index in [1.807, 2.05) is 26.8 Å². The number of carbonyl (C=O) groups excluding carboxylic acids is 1. The molecule has 0 spiro atoms. The van der Waals surface area contributed by atoms with Crippen molar-refractivity contribution in [2.75, 3.05) is 13.1 Å². The fourth-order valence-electron chi connectivity index (χ4n) is 4.01. The lowest BCUT2D eigenvalue weighted by Gasteiger charge is -2.30. The molecule has 168 valence electrons. The second kappa shape index (κ2) is 9.56. The van der Waals surface area contributed by atoms with E-state index in [1.165, 1.54) is 0 Å². The van der Waals surface area contributed by atoms with Gasteiger partial charge in [0.1, 0.15) is 17.5 Å². The number of alkyl carbamates (subject to hydrolysis) is 1. The summed E-state index contributed by atoms with van der Waals surface area (Å²) >= 11 is 0. The van der Waals surface area contributed by atoms with Gasteiger partial charge in [-0.2, -0.15) is 0 Å². The molecule has 30 heavy (non-hydrogen) atoms. The van der Waals surface area contributed by atoms with Gasteiger partial charge in [-0.05, 0) is 90.6 Å². The monoisotopic (exact) mass is 438 g/mol. The molecular weight excluding hydrogens is 404 g/mol. The third kappa shape index (κ3) is 6.35. The predicted molar refractivity (Wildman–Crippen MR) is 116 cm³/mol. The number of piperidine rings is 1. The van der Waals surface area contributed by atoms with Gasteiger partial charge < -0.3 is 20.1 Å². The van der Waals surface area contributed by atoms with Gasteiger partial charge in [-0.25, -0.2) is 13.2 Å². The van der Waals surface area contributed by atoms with Crippen molar-refractivity contribution < 1.29 is 22.7 Å². The standard InChI is InChI=1S/C22H34N2O5S/c1-22(2,3)29-21(25)24-16-7-9-19(10-8-16)30(26,27)20-6-4-5-18(15-20)28-17-11-13-23-14-12-17/h4-6,15-17,19,23H,7-14H2,1-3H3,(H,24,25). The summed E-state index contributed by atoms with van der Waals surface area (Å²) < 4.78 is 37.6. The minimum absolute atomic E-state index is 0.0547. The van der Waals surface area contributed by atoms with Gasteiger partial charge in [0.15, 0.2) is 9.84 Å². The van der Waals surface area contributed by atoms with E-state index in [0.29, 0.717) is 36.3 Å². The summed E-state index contributed by atoms with van der Waals surface area (Å²) in [7, 11) is -3.44. The minimum Gasteiger partial charge on any atom is -0.490 e. The van der Waals surface area contributed by atoms with Crippen LogP contribution in [0.25, 0.3) is 0 Å². The molecule has 1 amide bonds. The van der Waals surface area contributed by atoms with Crippen LogP contribution in [0.15, 0.2) is 29.2 Å². The number of hydrogen-bond donors (Lipinski definition) is 2. The molecule has 2 aliphatic rings. The Hall–Kier alpha value is -1.80. The minimum atomic E-state index is -3.44. The second-order valence-electron chi connectivity index (χ2n) is 9.21. The molecule has 0 radical (unpaired) electrons. The molecule has 8 heteroatoms. The van der Waals surface area contributed by atoms with E-state index in [2.05, 4.69) is 10.6 Å². The number of hydrogen-bond acceptors (Lipinski definition) is 6. The first-order chi connectivity index (χ1) is 14.1. The van der Waals surface area contributed by atoms with Crippen molar-refractivity contribution in [2.24, 2.45) is 0 Å². The van der Waals surface area contributed by atoms with Crippen LogP contribution in [0.2, 0.25) is 0 Å². The van der Waals surface area contributed by atoms with Crippen LogP contribution < -0.4 is 15.4 Å². The molecule has 1 heterocycles. The van der Waals surface area contributed by atoms with Crippen molar-refractivity contribution in [3.8, 4) is 5.75 Å². The van der Waals surface area contributed by atoms with E-state index < -0.39 is 26.8 Å². The Kier molecular flexibility index (Phi) is 7.29. The summed E-state index contributed by atoms with van der Waals surface area (Å²) in [6, 6.07) is 6.82. The van der Waals surface area contributed by atoms with Crippen LogP contribution in [0.1, 0.15) is 59.3 Å². The molecule has 1 aliphatic carbocycles. The highest BCUT2D eigenvalue weighted by Gasteiger charge is 2.33. The first-order valence-electron chi connectivity index (χ1n) is 10.8. The Bertz CT molecular complexity index is 820. The van der Waals surface area contributed by atoms with E-state index in [4.69, 9.17) is 9.47 Å². The molecule has 1 aliphatic heterocycles. The maximum Gasteiger partial charge on any atom is 0.407 e. The van der Waals surface area contributed by atoms with Crippen molar-refractivity contribution >= 4 is 15.9 Å². The fraction of sp³-hybridized carbons (Fsp3) is 0.682. The summed E-state index contributed by atoms with van der Waals surface area (Å²) in [6.07, 6.45) is 3.79. The lowest BCUT2D eigenvalue weighted by Crippen LogP contribution is -2.42. The summed E-state index contributed by atoms with van der Waals surface area (Å²) in [5, 5.41) is 5.71. The highest BCUT2D eigenvalue weighted by molar-refractivity contribution is 7.92. The molecule has 0 aromatic heterocycles. The van der Waals surface area contributed by atoms with E-state index in [1.54, 1.807) is 18.2 Å². The average Bonchev–Trinajstić information content (AvgIpc) is 2.68. The lowest BCUT2D eigenvalue weighted by atomic mass is 9.95. The molecule has 1 saturated carbocycles. The number of amides is 1. The molecule has 0 unspecified atom stereocenters. The van der Waals surface area contributed by atoms with E-state index in [-0.39, 0.29) is 12.1 Å². The highest BCUT2D eigenvalue weighted by Crippen LogP contribution is 2.31. The number of rotatable bonds is 5. The van der Waals surface area contributed by atoms with Crippen LogP contribution in [-0.4, -0.2) is 50.6 Å². The van der Waals surface area contributed by atoms with Gasteiger partial charge in [-0.1, -0.05) is 6.07 Å². The maximum absolute atomic E-state index is 13.2. The summed E-state index contributed by atoms with van der Waals surface area (Å²) in [5.74, 6) is 0.614. The van der Waals surface area contributed by atoms with Crippen LogP contribution in [0.3, 0.4) is 0 Å². The zero-order valence-electron chi connectivity index (χ0n) is 18.1. The topological polar surface area (TPSA) is 93.7 Å². The van der Waals surface area contributed by atoms with Crippen molar-refractivity contribution in [3.05, 3.63) is 24.3 Å². The van der Waals surface area contributed by atoms with Crippen LogP contribution in [0.4, 0.5) is 4.79 Å². The van der Waals surface area contributed by atoms with Gasteiger partial charge in [0.25, 0.3) is 0 Å². The number of sulfone groups is 1. The zero-order chi connectivity index (χ0) is 21.8. The first-order valence-corrected chi connectivity index (χ1v) is 12.4. The number of carbonyl (C=O) groups is 1. The summed E-state index contributed by atoms with van der Waals surface area (Å²) in [4.78, 5) is 12.3. The third-order valence-corrected chi connectivity index (χ3v) is 7.82. The van der Waals surface area contributed by atoms with Crippen LogP contribution >= 0.6 is 0 Å². The third-order valence-electron chi connectivity index (χ3n) is 5.56. The Morgan fingerprint density at radius 1 is 1.07 bits per heavy atom. The SMILES string of the molecule is CC(C)(C)OC(=O)NC1CCC(S(=O)(=O)c2cccc(OC3CCNCC3)c2)CC1. The molecule has 3 rings (SSSR count). The molecule has 2 fully saturated rings. The molecule has 1 aromatic carbocycles. The fourth-order valence-corrected chi connectivity index (χ4v) is 5.84. The first kappa shape index (κ1) is 22.9. The van der Waals surface area contributed by atoms with Crippen molar-refractivity contribution in [3.63, 3.8) is 0 Å². The van der Waals surface area contributed by atoms with Gasteiger partial charge in [0.05, 0.1) is 10.1 Å². The molecule has 2 N–H and O–H groups in total. The Morgan fingerprint density at radius 3 is 2.37 bits per heavy atom.